The SMILES string of the molecule is COCCN1CCC(c2nnc3ccc(C4CC4)nn23)CC1. The first-order valence-electron chi connectivity index (χ1n) is 8.28. The van der Waals surface area contributed by atoms with Crippen molar-refractivity contribution in [1.82, 2.24) is 24.7 Å². The van der Waals surface area contributed by atoms with E-state index in [0.29, 0.717) is 11.8 Å². The van der Waals surface area contributed by atoms with Crippen LogP contribution in [0.5, 0.6) is 0 Å². The molecule has 2 aromatic heterocycles. The summed E-state index contributed by atoms with van der Waals surface area (Å²) < 4.78 is 7.15. The molecule has 118 valence electrons. The van der Waals surface area contributed by atoms with Crippen LogP contribution >= 0.6 is 0 Å². The highest BCUT2D eigenvalue weighted by Gasteiger charge is 2.28. The summed E-state index contributed by atoms with van der Waals surface area (Å²) in [4.78, 5) is 2.46. The summed E-state index contributed by atoms with van der Waals surface area (Å²) in [6.45, 7) is 4.04. The molecule has 1 aliphatic carbocycles. The molecule has 0 bridgehead atoms. The van der Waals surface area contributed by atoms with E-state index in [2.05, 4.69) is 27.2 Å². The van der Waals surface area contributed by atoms with E-state index in [1.807, 2.05) is 4.52 Å². The molecule has 4 rings (SSSR count). The minimum Gasteiger partial charge on any atom is -0.383 e. The lowest BCUT2D eigenvalue weighted by atomic mass is 9.96. The van der Waals surface area contributed by atoms with Gasteiger partial charge in [0.1, 0.15) is 0 Å². The molecule has 1 saturated heterocycles. The zero-order valence-electron chi connectivity index (χ0n) is 13.1. The summed E-state index contributed by atoms with van der Waals surface area (Å²) in [6.07, 6.45) is 4.79. The third-order valence-corrected chi connectivity index (χ3v) is 4.87. The average molecular weight is 301 g/mol. The van der Waals surface area contributed by atoms with E-state index < -0.39 is 0 Å². The lowest BCUT2D eigenvalue weighted by Gasteiger charge is -2.30. The highest BCUT2D eigenvalue weighted by atomic mass is 16.5. The number of hydrogen-bond donors (Lipinski definition) is 0. The monoisotopic (exact) mass is 301 g/mol. The number of piperidine rings is 1. The summed E-state index contributed by atoms with van der Waals surface area (Å²) in [5.74, 6) is 2.18. The van der Waals surface area contributed by atoms with Crippen LogP contribution in [0.4, 0.5) is 0 Å². The lowest BCUT2D eigenvalue weighted by molar-refractivity contribution is 0.129. The third-order valence-electron chi connectivity index (χ3n) is 4.87. The maximum absolute atomic E-state index is 5.16. The molecule has 2 fully saturated rings. The molecule has 0 atom stereocenters. The molecule has 1 aliphatic heterocycles. The number of rotatable bonds is 5. The zero-order chi connectivity index (χ0) is 14.9. The van der Waals surface area contributed by atoms with Crippen molar-refractivity contribution in [2.75, 3.05) is 33.4 Å². The molecular weight excluding hydrogens is 278 g/mol. The second-order valence-electron chi connectivity index (χ2n) is 6.47. The summed E-state index contributed by atoms with van der Waals surface area (Å²) >= 11 is 0. The van der Waals surface area contributed by atoms with Crippen LogP contribution in [-0.4, -0.2) is 58.1 Å². The highest BCUT2D eigenvalue weighted by molar-refractivity contribution is 5.38. The van der Waals surface area contributed by atoms with Crippen molar-refractivity contribution in [2.45, 2.75) is 37.5 Å². The number of ether oxygens (including phenoxy) is 1. The number of likely N-dealkylation sites (tertiary alicyclic amines) is 1. The van der Waals surface area contributed by atoms with E-state index in [4.69, 9.17) is 9.84 Å². The van der Waals surface area contributed by atoms with Gasteiger partial charge in [-0.1, -0.05) is 0 Å². The number of nitrogens with zero attached hydrogens (tertiary/aromatic N) is 5. The number of fused-ring (bicyclic) bond motifs is 1. The first kappa shape index (κ1) is 14.1. The Labute approximate surface area is 130 Å². The smallest absolute Gasteiger partial charge is 0.177 e. The van der Waals surface area contributed by atoms with E-state index in [1.165, 1.54) is 18.5 Å². The standard InChI is InChI=1S/C16H23N5O/c1-22-11-10-20-8-6-13(7-9-20)16-18-17-15-5-4-14(12-2-3-12)19-21(15)16/h4-5,12-13H,2-3,6-11H2,1H3. The van der Waals surface area contributed by atoms with Gasteiger partial charge >= 0.3 is 0 Å². The number of aromatic nitrogens is 4. The van der Waals surface area contributed by atoms with Gasteiger partial charge in [0.05, 0.1) is 12.3 Å². The van der Waals surface area contributed by atoms with Gasteiger partial charge in [0.15, 0.2) is 11.5 Å². The van der Waals surface area contributed by atoms with Crippen LogP contribution in [0.25, 0.3) is 5.65 Å². The summed E-state index contributed by atoms with van der Waals surface area (Å²) in [5.41, 5.74) is 2.08. The predicted octanol–water partition coefficient (Wildman–Crippen LogP) is 1.83. The third kappa shape index (κ3) is 2.73. The van der Waals surface area contributed by atoms with E-state index >= 15 is 0 Å². The van der Waals surface area contributed by atoms with Gasteiger partial charge in [0.2, 0.25) is 0 Å². The van der Waals surface area contributed by atoms with Crippen LogP contribution in [-0.2, 0) is 4.74 Å². The van der Waals surface area contributed by atoms with Crippen LogP contribution in [0.2, 0.25) is 0 Å². The minimum atomic E-state index is 0.468. The topological polar surface area (TPSA) is 55.5 Å². The molecule has 2 aliphatic rings. The Morgan fingerprint density at radius 1 is 1.09 bits per heavy atom. The largest absolute Gasteiger partial charge is 0.383 e. The molecule has 0 radical (unpaired) electrons. The second kappa shape index (κ2) is 5.93. The van der Waals surface area contributed by atoms with Crippen molar-refractivity contribution in [1.29, 1.82) is 0 Å². The van der Waals surface area contributed by atoms with Crippen molar-refractivity contribution in [3.8, 4) is 0 Å². The van der Waals surface area contributed by atoms with Gasteiger partial charge in [0.25, 0.3) is 0 Å². The maximum Gasteiger partial charge on any atom is 0.177 e. The Balaban J connectivity index is 1.50. The Morgan fingerprint density at radius 3 is 2.64 bits per heavy atom. The molecule has 0 amide bonds. The first-order chi connectivity index (χ1) is 10.8. The fourth-order valence-corrected chi connectivity index (χ4v) is 3.31. The molecule has 1 saturated carbocycles. The molecular formula is C16H23N5O. The average Bonchev–Trinajstić information content (AvgIpc) is 3.33. The fourth-order valence-electron chi connectivity index (χ4n) is 3.31. The van der Waals surface area contributed by atoms with Gasteiger partial charge < -0.3 is 9.64 Å². The summed E-state index contributed by atoms with van der Waals surface area (Å²) in [5, 5.41) is 13.5. The van der Waals surface area contributed by atoms with Gasteiger partial charge in [-0.15, -0.1) is 10.2 Å². The van der Waals surface area contributed by atoms with E-state index in [9.17, 15) is 0 Å². The molecule has 22 heavy (non-hydrogen) atoms. The zero-order valence-corrected chi connectivity index (χ0v) is 13.1. The maximum atomic E-state index is 5.16. The molecule has 0 spiro atoms. The van der Waals surface area contributed by atoms with Crippen molar-refractivity contribution in [3.63, 3.8) is 0 Å². The normalized spacial score (nSPS) is 20.8. The van der Waals surface area contributed by atoms with E-state index in [1.54, 1.807) is 7.11 Å². The van der Waals surface area contributed by atoms with E-state index in [-0.39, 0.29) is 0 Å². The molecule has 3 heterocycles. The van der Waals surface area contributed by atoms with Crippen LogP contribution in [0.15, 0.2) is 12.1 Å². The molecule has 0 aromatic carbocycles. The summed E-state index contributed by atoms with van der Waals surface area (Å²) in [6, 6.07) is 4.17. The highest BCUT2D eigenvalue weighted by Crippen LogP contribution is 2.39. The van der Waals surface area contributed by atoms with Crippen molar-refractivity contribution in [3.05, 3.63) is 23.7 Å². The van der Waals surface area contributed by atoms with Crippen molar-refractivity contribution >= 4 is 5.65 Å². The Kier molecular flexibility index (Phi) is 3.80. The Hall–Kier alpha value is -1.53. The lowest BCUT2D eigenvalue weighted by Crippen LogP contribution is -2.35. The van der Waals surface area contributed by atoms with Crippen LogP contribution in [0.1, 0.15) is 49.0 Å². The van der Waals surface area contributed by atoms with Crippen LogP contribution in [0.3, 0.4) is 0 Å². The molecule has 2 aromatic rings. The number of methoxy groups -OCH3 is 1. The van der Waals surface area contributed by atoms with Crippen molar-refractivity contribution in [2.24, 2.45) is 0 Å². The van der Waals surface area contributed by atoms with Gasteiger partial charge in [-0.25, -0.2) is 0 Å². The molecule has 0 N–H and O–H groups in total. The van der Waals surface area contributed by atoms with Crippen LogP contribution < -0.4 is 0 Å². The molecule has 6 heteroatoms. The fraction of sp³-hybridized carbons (Fsp3) is 0.688. The minimum absolute atomic E-state index is 0.468. The van der Waals surface area contributed by atoms with E-state index in [0.717, 1.165) is 50.6 Å². The second-order valence-corrected chi connectivity index (χ2v) is 6.47. The predicted molar refractivity (Wildman–Crippen MR) is 83.0 cm³/mol. The van der Waals surface area contributed by atoms with Gasteiger partial charge in [-0.3, -0.25) is 0 Å². The molecule has 0 unspecified atom stereocenters. The molecule has 6 nitrogen and oxygen atoms in total. The quantitative estimate of drug-likeness (QED) is 0.843. The first-order valence-corrected chi connectivity index (χ1v) is 8.28. The Bertz CT molecular complexity index is 643. The Morgan fingerprint density at radius 2 is 1.91 bits per heavy atom. The van der Waals surface area contributed by atoms with Gasteiger partial charge in [-0.2, -0.15) is 9.61 Å². The van der Waals surface area contributed by atoms with Crippen molar-refractivity contribution < 1.29 is 4.74 Å². The number of hydrogen-bond acceptors (Lipinski definition) is 5. The van der Waals surface area contributed by atoms with Crippen LogP contribution in [0, 0.1) is 0 Å². The van der Waals surface area contributed by atoms with Gasteiger partial charge in [-0.05, 0) is 50.9 Å². The summed E-state index contributed by atoms with van der Waals surface area (Å²) in [7, 11) is 1.76. The van der Waals surface area contributed by atoms with Gasteiger partial charge in [0, 0.05) is 25.5 Å².